The Bertz CT molecular complexity index is 780. The molecule has 0 saturated heterocycles. The number of hydrogen-bond acceptors (Lipinski definition) is 2. The van der Waals surface area contributed by atoms with E-state index in [4.69, 9.17) is 0 Å². The summed E-state index contributed by atoms with van der Waals surface area (Å²) in [5, 5.41) is 13.5. The van der Waals surface area contributed by atoms with Gasteiger partial charge in [-0.2, -0.15) is 0 Å². The molecular weight excluding hydrogens is 283 g/mol. The minimum absolute atomic E-state index is 0.0604. The molecule has 2 aromatic carbocycles. The minimum Gasteiger partial charge on any atom is -0.386 e. The third kappa shape index (κ3) is 2.84. The molecule has 3 rings (SSSR count). The van der Waals surface area contributed by atoms with Gasteiger partial charge in [0.1, 0.15) is 11.5 Å². The summed E-state index contributed by atoms with van der Waals surface area (Å²) in [7, 11) is 0. The molecule has 1 unspecified atom stereocenters. The van der Waals surface area contributed by atoms with Crippen LogP contribution < -0.4 is 5.32 Å². The van der Waals surface area contributed by atoms with Crippen molar-refractivity contribution in [3.63, 3.8) is 0 Å². The van der Waals surface area contributed by atoms with Crippen LogP contribution in [-0.4, -0.2) is 22.5 Å². The molecule has 4 nitrogen and oxygen atoms in total. The minimum atomic E-state index is -1.09. The van der Waals surface area contributed by atoms with Gasteiger partial charge in [0.15, 0.2) is 0 Å². The number of hydrogen-bond donors (Lipinski definition) is 3. The summed E-state index contributed by atoms with van der Waals surface area (Å²) in [5.74, 6) is -0.832. The molecule has 0 fully saturated rings. The third-order valence-corrected chi connectivity index (χ3v) is 3.49. The first kappa shape index (κ1) is 14.3. The van der Waals surface area contributed by atoms with Crippen molar-refractivity contribution in [2.45, 2.75) is 6.10 Å². The first-order valence-electron chi connectivity index (χ1n) is 6.93. The first-order chi connectivity index (χ1) is 10.6. The van der Waals surface area contributed by atoms with Crippen LogP contribution in [0.15, 0.2) is 54.6 Å². The molecule has 0 aliphatic carbocycles. The van der Waals surface area contributed by atoms with Crippen LogP contribution in [0.25, 0.3) is 10.9 Å². The van der Waals surface area contributed by atoms with Gasteiger partial charge in [0.2, 0.25) is 0 Å². The van der Waals surface area contributed by atoms with Crippen molar-refractivity contribution in [2.24, 2.45) is 0 Å². The van der Waals surface area contributed by atoms with Crippen molar-refractivity contribution < 1.29 is 14.3 Å². The van der Waals surface area contributed by atoms with E-state index >= 15 is 0 Å². The fraction of sp³-hybridized carbons (Fsp3) is 0.118. The molecular formula is C17H15FN2O2. The smallest absolute Gasteiger partial charge is 0.267 e. The molecule has 0 bridgehead atoms. The number of aliphatic hydroxyl groups is 1. The van der Waals surface area contributed by atoms with E-state index in [-0.39, 0.29) is 18.0 Å². The summed E-state index contributed by atoms with van der Waals surface area (Å²) in [6.07, 6.45) is -1.09. The van der Waals surface area contributed by atoms with E-state index in [1.165, 1.54) is 12.1 Å². The Labute approximate surface area is 126 Å². The fourth-order valence-electron chi connectivity index (χ4n) is 2.34. The number of aromatic nitrogens is 1. The van der Waals surface area contributed by atoms with E-state index in [9.17, 15) is 14.3 Å². The lowest BCUT2D eigenvalue weighted by Crippen LogP contribution is -2.28. The summed E-state index contributed by atoms with van der Waals surface area (Å²) >= 11 is 0. The van der Waals surface area contributed by atoms with Crippen molar-refractivity contribution in [3.8, 4) is 0 Å². The van der Waals surface area contributed by atoms with Crippen LogP contribution in [0, 0.1) is 5.82 Å². The van der Waals surface area contributed by atoms with Gasteiger partial charge in [-0.3, -0.25) is 4.79 Å². The molecule has 3 aromatic rings. The molecule has 1 heterocycles. The van der Waals surface area contributed by atoms with Crippen LogP contribution in [0.5, 0.6) is 0 Å². The Kier molecular flexibility index (Phi) is 3.89. The van der Waals surface area contributed by atoms with Crippen LogP contribution >= 0.6 is 0 Å². The summed E-state index contributed by atoms with van der Waals surface area (Å²) in [6, 6.07) is 15.2. The average Bonchev–Trinajstić information content (AvgIpc) is 2.97. The van der Waals surface area contributed by atoms with E-state index in [0.717, 1.165) is 10.9 Å². The highest BCUT2D eigenvalue weighted by Crippen LogP contribution is 2.17. The molecule has 1 atom stereocenters. The molecule has 0 spiro atoms. The van der Waals surface area contributed by atoms with E-state index in [0.29, 0.717) is 5.69 Å². The first-order valence-corrected chi connectivity index (χ1v) is 6.93. The van der Waals surface area contributed by atoms with Gasteiger partial charge in [0.25, 0.3) is 5.91 Å². The Morgan fingerprint density at radius 3 is 2.68 bits per heavy atom. The SMILES string of the molecule is O=C(NCC(O)c1ccccc1F)c1cc2ccccc2[nH]1. The zero-order valence-corrected chi connectivity index (χ0v) is 11.7. The lowest BCUT2D eigenvalue weighted by atomic mass is 10.1. The second-order valence-corrected chi connectivity index (χ2v) is 5.02. The van der Waals surface area contributed by atoms with Gasteiger partial charge in [-0.05, 0) is 18.2 Å². The van der Waals surface area contributed by atoms with Gasteiger partial charge in [-0.1, -0.05) is 36.4 Å². The number of aliphatic hydroxyl groups excluding tert-OH is 1. The second-order valence-electron chi connectivity index (χ2n) is 5.02. The summed E-state index contributed by atoms with van der Waals surface area (Å²) in [5.41, 5.74) is 1.43. The standard InChI is InChI=1S/C17H15FN2O2/c18-13-7-3-2-6-12(13)16(21)10-19-17(22)15-9-11-5-1-4-8-14(11)20-15/h1-9,16,20-21H,10H2,(H,19,22). The predicted molar refractivity (Wildman–Crippen MR) is 82.0 cm³/mol. The summed E-state index contributed by atoms with van der Waals surface area (Å²) < 4.78 is 13.5. The number of carbonyl (C=O) groups excluding carboxylic acids is 1. The number of nitrogens with one attached hydrogen (secondary N) is 2. The number of carbonyl (C=O) groups is 1. The highest BCUT2D eigenvalue weighted by molar-refractivity contribution is 5.97. The topological polar surface area (TPSA) is 65.1 Å². The van der Waals surface area contributed by atoms with Crippen LogP contribution in [0.2, 0.25) is 0 Å². The number of fused-ring (bicyclic) bond motifs is 1. The summed E-state index contributed by atoms with van der Waals surface area (Å²) in [6.45, 7) is -0.0604. The van der Waals surface area contributed by atoms with Gasteiger partial charge in [0.05, 0.1) is 6.10 Å². The average molecular weight is 298 g/mol. The van der Waals surface area contributed by atoms with Crippen molar-refractivity contribution in [1.29, 1.82) is 0 Å². The number of rotatable bonds is 4. The fourth-order valence-corrected chi connectivity index (χ4v) is 2.34. The van der Waals surface area contributed by atoms with Crippen molar-refractivity contribution >= 4 is 16.8 Å². The lowest BCUT2D eigenvalue weighted by molar-refractivity contribution is 0.0910. The quantitative estimate of drug-likeness (QED) is 0.693. The number of halogens is 1. The van der Waals surface area contributed by atoms with Gasteiger partial charge in [-0.15, -0.1) is 0 Å². The Balaban J connectivity index is 1.68. The van der Waals surface area contributed by atoms with E-state index < -0.39 is 11.9 Å². The number of H-pyrrole nitrogens is 1. The Hall–Kier alpha value is -2.66. The van der Waals surface area contributed by atoms with Crippen molar-refractivity contribution in [3.05, 3.63) is 71.7 Å². The number of amides is 1. The largest absolute Gasteiger partial charge is 0.386 e. The predicted octanol–water partition coefficient (Wildman–Crippen LogP) is 2.77. The van der Waals surface area contributed by atoms with E-state index in [1.807, 2.05) is 24.3 Å². The molecule has 112 valence electrons. The second kappa shape index (κ2) is 5.99. The molecule has 0 aliphatic rings. The van der Waals surface area contributed by atoms with Gasteiger partial charge >= 0.3 is 0 Å². The number of aromatic amines is 1. The Morgan fingerprint density at radius 1 is 1.18 bits per heavy atom. The maximum absolute atomic E-state index is 13.5. The normalized spacial score (nSPS) is 12.3. The maximum Gasteiger partial charge on any atom is 0.267 e. The Morgan fingerprint density at radius 2 is 1.91 bits per heavy atom. The third-order valence-electron chi connectivity index (χ3n) is 3.49. The maximum atomic E-state index is 13.5. The highest BCUT2D eigenvalue weighted by atomic mass is 19.1. The highest BCUT2D eigenvalue weighted by Gasteiger charge is 2.15. The molecule has 1 amide bonds. The van der Waals surface area contributed by atoms with Crippen LogP contribution in [-0.2, 0) is 0 Å². The van der Waals surface area contributed by atoms with Crippen molar-refractivity contribution in [2.75, 3.05) is 6.54 Å². The molecule has 0 radical (unpaired) electrons. The van der Waals surface area contributed by atoms with Gasteiger partial charge < -0.3 is 15.4 Å². The number of para-hydroxylation sites is 1. The van der Waals surface area contributed by atoms with Gasteiger partial charge in [0, 0.05) is 23.0 Å². The lowest BCUT2D eigenvalue weighted by Gasteiger charge is -2.12. The van der Waals surface area contributed by atoms with Crippen LogP contribution in [0.1, 0.15) is 22.2 Å². The molecule has 0 aliphatic heterocycles. The molecule has 22 heavy (non-hydrogen) atoms. The molecule has 1 aromatic heterocycles. The van der Waals surface area contributed by atoms with Crippen molar-refractivity contribution in [1.82, 2.24) is 10.3 Å². The van der Waals surface area contributed by atoms with Gasteiger partial charge in [-0.25, -0.2) is 4.39 Å². The number of benzene rings is 2. The van der Waals surface area contributed by atoms with E-state index in [2.05, 4.69) is 10.3 Å². The molecule has 5 heteroatoms. The zero-order chi connectivity index (χ0) is 15.5. The summed E-state index contributed by atoms with van der Waals surface area (Å²) in [4.78, 5) is 15.1. The monoisotopic (exact) mass is 298 g/mol. The zero-order valence-electron chi connectivity index (χ0n) is 11.7. The van der Waals surface area contributed by atoms with Crippen LogP contribution in [0.3, 0.4) is 0 Å². The van der Waals surface area contributed by atoms with E-state index in [1.54, 1.807) is 18.2 Å². The molecule has 0 saturated carbocycles. The molecule has 3 N–H and O–H groups in total. The van der Waals surface area contributed by atoms with Crippen LogP contribution in [0.4, 0.5) is 4.39 Å².